The van der Waals surface area contributed by atoms with Gasteiger partial charge in [0.25, 0.3) is 0 Å². The molecule has 19 heavy (non-hydrogen) atoms. The molecule has 1 fully saturated rings. The fourth-order valence-corrected chi connectivity index (χ4v) is 3.15. The number of thiophene rings is 1. The van der Waals surface area contributed by atoms with E-state index in [1.54, 1.807) is 16.2 Å². The Kier molecular flexibility index (Phi) is 4.96. The minimum Gasteiger partial charge on any atom is -0.340 e. The zero-order chi connectivity index (χ0) is 13.8. The first-order valence-electron chi connectivity index (χ1n) is 6.79. The first-order chi connectivity index (χ1) is 9.06. The summed E-state index contributed by atoms with van der Waals surface area (Å²) >= 11 is 1.67. The van der Waals surface area contributed by atoms with Crippen molar-refractivity contribution < 1.29 is 4.79 Å². The maximum absolute atomic E-state index is 12.2. The smallest absolute Gasteiger partial charge is 0.236 e. The second kappa shape index (κ2) is 6.50. The van der Waals surface area contributed by atoms with E-state index in [0.29, 0.717) is 19.0 Å². The third kappa shape index (κ3) is 4.03. The number of likely N-dealkylation sites (tertiary alicyclic amines) is 1. The van der Waals surface area contributed by atoms with E-state index in [2.05, 4.69) is 23.3 Å². The normalized spacial score (nSPS) is 21.5. The van der Waals surface area contributed by atoms with E-state index in [1.807, 2.05) is 12.4 Å². The lowest BCUT2D eigenvalue weighted by Crippen LogP contribution is -2.38. The van der Waals surface area contributed by atoms with Crippen molar-refractivity contribution >= 4 is 17.2 Å². The molecule has 5 heteroatoms. The van der Waals surface area contributed by atoms with Crippen LogP contribution in [0.25, 0.3) is 0 Å². The van der Waals surface area contributed by atoms with Crippen molar-refractivity contribution in [3.05, 3.63) is 22.4 Å². The highest BCUT2D eigenvalue weighted by atomic mass is 32.1. The molecule has 0 radical (unpaired) electrons. The molecule has 0 aromatic carbocycles. The van der Waals surface area contributed by atoms with E-state index in [1.165, 1.54) is 5.56 Å². The Hall–Kier alpha value is -0.910. The molecule has 1 aliphatic rings. The molecule has 106 valence electrons. The summed E-state index contributed by atoms with van der Waals surface area (Å²) in [5.74, 6) is 0.728. The molecule has 0 bridgehead atoms. The third-order valence-corrected chi connectivity index (χ3v) is 4.57. The Morgan fingerprint density at radius 2 is 2.47 bits per heavy atom. The van der Waals surface area contributed by atoms with Crippen molar-refractivity contribution in [1.82, 2.24) is 9.80 Å². The zero-order valence-electron chi connectivity index (χ0n) is 11.7. The summed E-state index contributed by atoms with van der Waals surface area (Å²) in [6.45, 7) is 5.22. The highest BCUT2D eigenvalue weighted by Crippen LogP contribution is 2.18. The maximum Gasteiger partial charge on any atom is 0.236 e. The second-order valence-corrected chi connectivity index (χ2v) is 6.30. The minimum absolute atomic E-state index is 0.191. The summed E-state index contributed by atoms with van der Waals surface area (Å²) in [5.41, 5.74) is 7.12. The van der Waals surface area contributed by atoms with Gasteiger partial charge < -0.3 is 10.6 Å². The summed E-state index contributed by atoms with van der Waals surface area (Å²) in [4.78, 5) is 16.2. The van der Waals surface area contributed by atoms with Crippen LogP contribution in [0.15, 0.2) is 16.8 Å². The molecule has 0 saturated carbocycles. The number of carbonyl (C=O) groups excluding carboxylic acids is 1. The standard InChI is InChI=1S/C14H23N3OS/c1-11(15)13-3-5-17(8-13)9-14(18)16(2)7-12-4-6-19-10-12/h4,6,10-11,13H,3,5,7-9,15H2,1-2H3. The fraction of sp³-hybridized carbons (Fsp3) is 0.643. The van der Waals surface area contributed by atoms with Crippen molar-refractivity contribution in [2.75, 3.05) is 26.7 Å². The quantitative estimate of drug-likeness (QED) is 0.887. The Labute approximate surface area is 119 Å². The van der Waals surface area contributed by atoms with Gasteiger partial charge in [-0.3, -0.25) is 9.69 Å². The van der Waals surface area contributed by atoms with Crippen molar-refractivity contribution in [1.29, 1.82) is 0 Å². The summed E-state index contributed by atoms with van der Waals surface area (Å²) in [7, 11) is 1.87. The Morgan fingerprint density at radius 3 is 3.05 bits per heavy atom. The van der Waals surface area contributed by atoms with Crippen molar-refractivity contribution in [2.24, 2.45) is 11.7 Å². The Bertz CT molecular complexity index is 405. The number of nitrogens with two attached hydrogens (primary N) is 1. The van der Waals surface area contributed by atoms with E-state index in [-0.39, 0.29) is 11.9 Å². The molecule has 1 aliphatic heterocycles. The van der Waals surface area contributed by atoms with Gasteiger partial charge in [-0.2, -0.15) is 11.3 Å². The van der Waals surface area contributed by atoms with E-state index >= 15 is 0 Å². The molecule has 1 aromatic heterocycles. The van der Waals surface area contributed by atoms with Gasteiger partial charge in [0.1, 0.15) is 0 Å². The monoisotopic (exact) mass is 281 g/mol. The molecule has 4 nitrogen and oxygen atoms in total. The van der Waals surface area contributed by atoms with Gasteiger partial charge in [0, 0.05) is 26.2 Å². The zero-order valence-corrected chi connectivity index (χ0v) is 12.5. The van der Waals surface area contributed by atoms with E-state index in [0.717, 1.165) is 19.5 Å². The van der Waals surface area contributed by atoms with Crippen LogP contribution < -0.4 is 5.73 Å². The Balaban J connectivity index is 1.78. The van der Waals surface area contributed by atoms with Crippen LogP contribution in [0.1, 0.15) is 18.9 Å². The van der Waals surface area contributed by atoms with Crippen LogP contribution in [0, 0.1) is 5.92 Å². The van der Waals surface area contributed by atoms with E-state index in [4.69, 9.17) is 5.73 Å². The number of amides is 1. The number of carbonyl (C=O) groups is 1. The first kappa shape index (κ1) is 14.5. The molecule has 1 aromatic rings. The molecule has 0 spiro atoms. The lowest BCUT2D eigenvalue weighted by molar-refractivity contribution is -0.131. The van der Waals surface area contributed by atoms with Gasteiger partial charge in [-0.1, -0.05) is 0 Å². The van der Waals surface area contributed by atoms with Gasteiger partial charge in [-0.25, -0.2) is 0 Å². The molecule has 1 amide bonds. The topological polar surface area (TPSA) is 49.6 Å². The molecule has 2 atom stereocenters. The number of nitrogens with zero attached hydrogens (tertiary/aromatic N) is 2. The molecule has 0 aliphatic carbocycles. The van der Waals surface area contributed by atoms with Crippen LogP contribution in [0.2, 0.25) is 0 Å². The molecule has 2 heterocycles. The predicted molar refractivity (Wildman–Crippen MR) is 79.0 cm³/mol. The van der Waals surface area contributed by atoms with Crippen molar-refractivity contribution in [3.63, 3.8) is 0 Å². The van der Waals surface area contributed by atoms with Gasteiger partial charge in [-0.05, 0) is 48.2 Å². The number of hydrogen-bond donors (Lipinski definition) is 1. The number of hydrogen-bond acceptors (Lipinski definition) is 4. The average molecular weight is 281 g/mol. The average Bonchev–Trinajstić information content (AvgIpc) is 2.99. The van der Waals surface area contributed by atoms with E-state index in [9.17, 15) is 4.79 Å². The molecular weight excluding hydrogens is 258 g/mol. The van der Waals surface area contributed by atoms with Crippen molar-refractivity contribution in [3.8, 4) is 0 Å². The first-order valence-corrected chi connectivity index (χ1v) is 7.73. The lowest BCUT2D eigenvalue weighted by Gasteiger charge is -2.22. The lowest BCUT2D eigenvalue weighted by atomic mass is 10.0. The third-order valence-electron chi connectivity index (χ3n) is 3.84. The molecule has 1 saturated heterocycles. The summed E-state index contributed by atoms with van der Waals surface area (Å²) in [5, 5.41) is 4.13. The van der Waals surface area contributed by atoms with Crippen LogP contribution >= 0.6 is 11.3 Å². The number of likely N-dealkylation sites (N-methyl/N-ethyl adjacent to an activating group) is 1. The minimum atomic E-state index is 0.191. The Morgan fingerprint density at radius 1 is 1.68 bits per heavy atom. The molecule has 2 N–H and O–H groups in total. The highest BCUT2D eigenvalue weighted by molar-refractivity contribution is 7.07. The SMILES string of the molecule is CC(N)C1CCN(CC(=O)N(C)Cc2ccsc2)C1. The van der Waals surface area contributed by atoms with Crippen LogP contribution in [0.5, 0.6) is 0 Å². The molecule has 2 rings (SSSR count). The number of rotatable bonds is 5. The van der Waals surface area contributed by atoms with Gasteiger partial charge in [-0.15, -0.1) is 0 Å². The van der Waals surface area contributed by atoms with Crippen molar-refractivity contribution in [2.45, 2.75) is 25.9 Å². The predicted octanol–water partition coefficient (Wildman–Crippen LogP) is 1.38. The summed E-state index contributed by atoms with van der Waals surface area (Å²) in [6.07, 6.45) is 1.11. The van der Waals surface area contributed by atoms with Gasteiger partial charge in [0.15, 0.2) is 0 Å². The fourth-order valence-electron chi connectivity index (χ4n) is 2.49. The van der Waals surface area contributed by atoms with Gasteiger partial charge in [0.05, 0.1) is 6.54 Å². The molecule has 2 unspecified atom stereocenters. The van der Waals surface area contributed by atoms with Gasteiger partial charge >= 0.3 is 0 Å². The summed E-state index contributed by atoms with van der Waals surface area (Å²) in [6, 6.07) is 2.29. The van der Waals surface area contributed by atoms with Crippen LogP contribution in [-0.2, 0) is 11.3 Å². The second-order valence-electron chi connectivity index (χ2n) is 5.52. The van der Waals surface area contributed by atoms with Crippen LogP contribution in [-0.4, -0.2) is 48.4 Å². The van der Waals surface area contributed by atoms with E-state index < -0.39 is 0 Å². The van der Waals surface area contributed by atoms with Crippen LogP contribution in [0.3, 0.4) is 0 Å². The largest absolute Gasteiger partial charge is 0.340 e. The summed E-state index contributed by atoms with van der Waals surface area (Å²) < 4.78 is 0. The van der Waals surface area contributed by atoms with Gasteiger partial charge in [0.2, 0.25) is 5.91 Å². The van der Waals surface area contributed by atoms with Crippen LogP contribution in [0.4, 0.5) is 0 Å². The molecular formula is C14H23N3OS. The highest BCUT2D eigenvalue weighted by Gasteiger charge is 2.27. The maximum atomic E-state index is 12.2.